The van der Waals surface area contributed by atoms with Gasteiger partial charge in [-0.05, 0) is 51.7 Å². The zero-order chi connectivity index (χ0) is 15.9. The molecule has 1 atom stereocenters. The van der Waals surface area contributed by atoms with Crippen LogP contribution in [0, 0.1) is 5.92 Å². The van der Waals surface area contributed by atoms with E-state index in [0.717, 1.165) is 12.5 Å². The highest BCUT2D eigenvalue weighted by atomic mass is 32.2. The molecule has 1 aliphatic carbocycles. The maximum atomic E-state index is 11.6. The molecule has 0 heterocycles. The summed E-state index contributed by atoms with van der Waals surface area (Å²) in [7, 11) is 0. The van der Waals surface area contributed by atoms with E-state index in [1.807, 2.05) is 0 Å². The summed E-state index contributed by atoms with van der Waals surface area (Å²) in [5, 5.41) is 11.5. The fourth-order valence-corrected chi connectivity index (χ4v) is 2.26. The van der Waals surface area contributed by atoms with E-state index < -0.39 is 23.7 Å². The van der Waals surface area contributed by atoms with E-state index in [0.29, 0.717) is 18.1 Å². The Morgan fingerprint density at radius 3 is 2.57 bits per heavy atom. The molecule has 0 bridgehead atoms. The normalized spacial score (nSPS) is 16.3. The summed E-state index contributed by atoms with van der Waals surface area (Å²) >= 11 is 1.53. The van der Waals surface area contributed by atoms with Crippen LogP contribution in [0.25, 0.3) is 0 Å². The highest BCUT2D eigenvalue weighted by Crippen LogP contribution is 2.29. The number of alkyl carbamates (subject to hydrolysis) is 1. The third-order valence-corrected chi connectivity index (χ3v) is 3.61. The Bertz CT molecular complexity index is 352. The molecule has 1 rings (SSSR count). The quantitative estimate of drug-likeness (QED) is 0.502. The molecule has 21 heavy (non-hydrogen) atoms. The number of amides is 1. The minimum absolute atomic E-state index is 0.339. The topological polar surface area (TPSA) is 84.9 Å². The summed E-state index contributed by atoms with van der Waals surface area (Å²) in [6.45, 7) is 5.99. The van der Waals surface area contributed by atoms with Gasteiger partial charge in [-0.25, -0.2) is 9.59 Å². The van der Waals surface area contributed by atoms with E-state index in [1.165, 1.54) is 24.6 Å². The largest absolute Gasteiger partial charge is 0.480 e. The van der Waals surface area contributed by atoms with Crippen LogP contribution in [-0.4, -0.2) is 47.1 Å². The Kier molecular flexibility index (Phi) is 7.31. The molecule has 6 nitrogen and oxygen atoms in total. The van der Waals surface area contributed by atoms with Gasteiger partial charge in [0.15, 0.2) is 0 Å². The molecule has 0 radical (unpaired) electrons. The SMILES string of the molecule is CC(C)(C)OC(=O)NC(CCSCOCC1CC1)C(=O)O. The lowest BCUT2D eigenvalue weighted by Crippen LogP contribution is -2.43. The summed E-state index contributed by atoms with van der Waals surface area (Å²) in [6.07, 6.45) is 2.15. The van der Waals surface area contributed by atoms with Crippen molar-refractivity contribution in [3.63, 3.8) is 0 Å². The summed E-state index contributed by atoms with van der Waals surface area (Å²) in [5.41, 5.74) is -0.640. The lowest BCUT2D eigenvalue weighted by Gasteiger charge is -2.21. The van der Waals surface area contributed by atoms with Gasteiger partial charge in [-0.15, -0.1) is 11.8 Å². The van der Waals surface area contributed by atoms with Crippen molar-refractivity contribution in [2.45, 2.75) is 51.7 Å². The average Bonchev–Trinajstić information content (AvgIpc) is 3.13. The zero-order valence-corrected chi connectivity index (χ0v) is 13.7. The lowest BCUT2D eigenvalue weighted by atomic mass is 10.2. The number of carbonyl (C=O) groups excluding carboxylic acids is 1. The second kappa shape index (κ2) is 8.48. The third kappa shape index (κ3) is 9.57. The number of rotatable bonds is 9. The van der Waals surface area contributed by atoms with Gasteiger partial charge in [0.05, 0.1) is 12.5 Å². The average molecular weight is 319 g/mol. The first kappa shape index (κ1) is 18.1. The van der Waals surface area contributed by atoms with Crippen molar-refractivity contribution in [1.82, 2.24) is 5.32 Å². The van der Waals surface area contributed by atoms with E-state index in [4.69, 9.17) is 14.6 Å². The summed E-state index contributed by atoms with van der Waals surface area (Å²) in [5.74, 6) is 0.846. The minimum Gasteiger partial charge on any atom is -0.480 e. The maximum absolute atomic E-state index is 11.6. The van der Waals surface area contributed by atoms with Gasteiger partial charge in [-0.1, -0.05) is 0 Å². The number of aliphatic carboxylic acids is 1. The number of ether oxygens (including phenoxy) is 2. The second-order valence-corrected chi connectivity index (χ2v) is 7.22. The van der Waals surface area contributed by atoms with Crippen LogP contribution in [-0.2, 0) is 14.3 Å². The highest BCUT2D eigenvalue weighted by Gasteiger charge is 2.24. The van der Waals surface area contributed by atoms with E-state index in [9.17, 15) is 9.59 Å². The molecule has 0 aromatic carbocycles. The van der Waals surface area contributed by atoms with Crippen molar-refractivity contribution in [2.24, 2.45) is 5.92 Å². The van der Waals surface area contributed by atoms with Gasteiger partial charge in [0, 0.05) is 0 Å². The van der Waals surface area contributed by atoms with Crippen LogP contribution in [0.4, 0.5) is 4.79 Å². The van der Waals surface area contributed by atoms with Gasteiger partial charge in [0.2, 0.25) is 0 Å². The lowest BCUT2D eigenvalue weighted by molar-refractivity contribution is -0.139. The van der Waals surface area contributed by atoms with Gasteiger partial charge < -0.3 is 19.9 Å². The molecule has 0 aliphatic heterocycles. The van der Waals surface area contributed by atoms with Crippen LogP contribution in [0.5, 0.6) is 0 Å². The smallest absolute Gasteiger partial charge is 0.408 e. The van der Waals surface area contributed by atoms with E-state index in [-0.39, 0.29) is 0 Å². The minimum atomic E-state index is -1.06. The first-order chi connectivity index (χ1) is 9.78. The predicted molar refractivity (Wildman–Crippen MR) is 81.4 cm³/mol. The van der Waals surface area contributed by atoms with Gasteiger partial charge in [-0.3, -0.25) is 0 Å². The molecule has 0 saturated heterocycles. The molecule has 0 aromatic heterocycles. The molecule has 1 aliphatic rings. The Morgan fingerprint density at radius 1 is 1.38 bits per heavy atom. The Labute approximate surface area is 129 Å². The van der Waals surface area contributed by atoms with Gasteiger partial charge in [-0.2, -0.15) is 0 Å². The van der Waals surface area contributed by atoms with Crippen LogP contribution in [0.15, 0.2) is 0 Å². The van der Waals surface area contributed by atoms with Crippen LogP contribution in [0.2, 0.25) is 0 Å². The van der Waals surface area contributed by atoms with E-state index in [2.05, 4.69) is 5.32 Å². The van der Waals surface area contributed by atoms with Crippen LogP contribution < -0.4 is 5.32 Å². The monoisotopic (exact) mass is 319 g/mol. The summed E-state index contributed by atoms with van der Waals surface area (Å²) in [6, 6.07) is -0.934. The Hall–Kier alpha value is -0.950. The van der Waals surface area contributed by atoms with Crippen molar-refractivity contribution in [2.75, 3.05) is 18.3 Å². The van der Waals surface area contributed by atoms with Crippen molar-refractivity contribution < 1.29 is 24.2 Å². The molecule has 0 spiro atoms. The molecule has 1 fully saturated rings. The Morgan fingerprint density at radius 2 is 2.05 bits per heavy atom. The number of hydrogen-bond acceptors (Lipinski definition) is 5. The fraction of sp³-hybridized carbons (Fsp3) is 0.857. The van der Waals surface area contributed by atoms with Gasteiger partial charge in [0.25, 0.3) is 0 Å². The van der Waals surface area contributed by atoms with Crippen molar-refractivity contribution in [3.05, 3.63) is 0 Å². The number of nitrogens with one attached hydrogen (secondary N) is 1. The summed E-state index contributed by atoms with van der Waals surface area (Å²) < 4.78 is 10.5. The number of carbonyl (C=O) groups is 2. The molecule has 0 aromatic rings. The van der Waals surface area contributed by atoms with Crippen LogP contribution in [0.1, 0.15) is 40.0 Å². The molecule has 1 unspecified atom stereocenters. The van der Waals surface area contributed by atoms with Crippen molar-refractivity contribution in [1.29, 1.82) is 0 Å². The van der Waals surface area contributed by atoms with Crippen molar-refractivity contribution >= 4 is 23.8 Å². The maximum Gasteiger partial charge on any atom is 0.408 e. The summed E-state index contributed by atoms with van der Waals surface area (Å²) in [4.78, 5) is 22.7. The first-order valence-electron chi connectivity index (χ1n) is 7.16. The first-order valence-corrected chi connectivity index (χ1v) is 8.31. The van der Waals surface area contributed by atoms with E-state index in [1.54, 1.807) is 20.8 Å². The number of carboxylic acid groups (broad SMARTS) is 1. The predicted octanol–water partition coefficient (Wildman–Crippen LogP) is 2.47. The van der Waals surface area contributed by atoms with Gasteiger partial charge >= 0.3 is 12.1 Å². The number of hydrogen-bond donors (Lipinski definition) is 2. The molecule has 122 valence electrons. The standard InChI is InChI=1S/C14H25NO5S/c1-14(2,3)20-13(18)15-11(12(16)17)6-7-21-9-19-8-10-4-5-10/h10-11H,4-9H2,1-3H3,(H,15,18)(H,16,17). The molecule has 1 amide bonds. The molecular formula is C14H25NO5S. The molecular weight excluding hydrogens is 294 g/mol. The fourth-order valence-electron chi connectivity index (χ4n) is 1.53. The zero-order valence-electron chi connectivity index (χ0n) is 12.9. The molecule has 2 N–H and O–H groups in total. The van der Waals surface area contributed by atoms with Crippen LogP contribution >= 0.6 is 11.8 Å². The number of carboxylic acids is 1. The van der Waals surface area contributed by atoms with E-state index >= 15 is 0 Å². The third-order valence-electron chi connectivity index (χ3n) is 2.76. The molecule has 1 saturated carbocycles. The van der Waals surface area contributed by atoms with Gasteiger partial charge in [0.1, 0.15) is 11.6 Å². The highest BCUT2D eigenvalue weighted by molar-refractivity contribution is 7.99. The van der Waals surface area contributed by atoms with Crippen molar-refractivity contribution in [3.8, 4) is 0 Å². The number of thioether (sulfide) groups is 1. The van der Waals surface area contributed by atoms with Crippen LogP contribution in [0.3, 0.4) is 0 Å². The Balaban J connectivity index is 2.16. The molecule has 7 heteroatoms. The second-order valence-electron chi connectivity index (χ2n) is 6.17.